The fraction of sp³-hybridized carbons (Fsp3) is 0.909. The van der Waals surface area contributed by atoms with Crippen LogP contribution in [0.2, 0.25) is 0 Å². The van der Waals surface area contributed by atoms with Crippen molar-refractivity contribution < 1.29 is 4.79 Å². The molecule has 0 aromatic heterocycles. The molecule has 0 saturated heterocycles. The number of unbranched alkanes of at least 4 members (excludes halogenated alkanes) is 2. The molecule has 0 fully saturated rings. The van der Waals surface area contributed by atoms with Crippen molar-refractivity contribution in [2.24, 2.45) is 5.41 Å². The monoisotopic (exact) mass is 219 g/mol. The van der Waals surface area contributed by atoms with Gasteiger partial charge in [0, 0.05) is 6.54 Å². The van der Waals surface area contributed by atoms with E-state index in [0.29, 0.717) is 0 Å². The molecule has 0 spiro atoms. The molecule has 0 saturated carbocycles. The van der Waals surface area contributed by atoms with Crippen LogP contribution in [-0.2, 0) is 4.79 Å². The molecule has 0 radical (unpaired) electrons. The fourth-order valence-electron chi connectivity index (χ4n) is 1.33. The van der Waals surface area contributed by atoms with E-state index in [0.717, 1.165) is 13.0 Å². The Morgan fingerprint density at radius 1 is 1.36 bits per heavy atom. The highest BCUT2D eigenvalue weighted by Gasteiger charge is 2.17. The molecule has 14 heavy (non-hydrogen) atoms. The summed E-state index contributed by atoms with van der Waals surface area (Å²) >= 11 is 5.40. The summed E-state index contributed by atoms with van der Waals surface area (Å²) in [6, 6.07) is 0. The van der Waals surface area contributed by atoms with E-state index in [2.05, 4.69) is 26.1 Å². The zero-order valence-corrected chi connectivity index (χ0v) is 10.3. The molecular formula is C11H22ClNO. The van der Waals surface area contributed by atoms with Crippen molar-refractivity contribution in [3.8, 4) is 0 Å². The molecule has 0 bridgehead atoms. The van der Waals surface area contributed by atoms with Crippen molar-refractivity contribution in [1.82, 2.24) is 5.32 Å². The van der Waals surface area contributed by atoms with Gasteiger partial charge in [0.25, 0.3) is 0 Å². The summed E-state index contributed by atoms with van der Waals surface area (Å²) in [4.78, 5) is 10.9. The standard InChI is InChI=1S/C11H22ClNO/c1-4-5-6-7-11(2,3)9-13-10(14)8-12/h4-9H2,1-3H3,(H,13,14). The van der Waals surface area contributed by atoms with E-state index in [4.69, 9.17) is 11.6 Å². The van der Waals surface area contributed by atoms with Gasteiger partial charge < -0.3 is 5.32 Å². The van der Waals surface area contributed by atoms with E-state index >= 15 is 0 Å². The van der Waals surface area contributed by atoms with Crippen LogP contribution in [0.1, 0.15) is 46.5 Å². The average molecular weight is 220 g/mol. The molecule has 0 rings (SSSR count). The topological polar surface area (TPSA) is 29.1 Å². The quantitative estimate of drug-likeness (QED) is 0.518. The third-order valence-electron chi connectivity index (χ3n) is 2.34. The summed E-state index contributed by atoms with van der Waals surface area (Å²) in [6.45, 7) is 7.28. The number of carbonyl (C=O) groups is 1. The Hall–Kier alpha value is -0.240. The third-order valence-corrected chi connectivity index (χ3v) is 2.59. The molecule has 0 aliphatic carbocycles. The van der Waals surface area contributed by atoms with E-state index in [1.165, 1.54) is 19.3 Å². The first-order valence-corrected chi connectivity index (χ1v) is 5.88. The van der Waals surface area contributed by atoms with Gasteiger partial charge in [-0.3, -0.25) is 4.79 Å². The highest BCUT2D eigenvalue weighted by Crippen LogP contribution is 2.22. The van der Waals surface area contributed by atoms with Gasteiger partial charge in [0.2, 0.25) is 5.91 Å². The minimum atomic E-state index is -0.0739. The second kappa shape index (κ2) is 7.10. The minimum absolute atomic E-state index is 0.0606. The Balaban J connectivity index is 3.65. The lowest BCUT2D eigenvalue weighted by Gasteiger charge is -2.24. The molecule has 1 amide bonds. The smallest absolute Gasteiger partial charge is 0.234 e. The zero-order chi connectivity index (χ0) is 11.0. The number of carbonyl (C=O) groups excluding carboxylic acids is 1. The summed E-state index contributed by atoms with van der Waals surface area (Å²) in [5.74, 6) is -0.0133. The summed E-state index contributed by atoms with van der Waals surface area (Å²) in [6.07, 6.45) is 4.90. The highest BCUT2D eigenvalue weighted by atomic mass is 35.5. The van der Waals surface area contributed by atoms with Crippen LogP contribution in [0.25, 0.3) is 0 Å². The molecule has 84 valence electrons. The second-order valence-electron chi connectivity index (χ2n) is 4.53. The van der Waals surface area contributed by atoms with Gasteiger partial charge in [0.1, 0.15) is 5.88 Å². The Labute approximate surface area is 92.4 Å². The van der Waals surface area contributed by atoms with E-state index < -0.39 is 0 Å². The van der Waals surface area contributed by atoms with Crippen LogP contribution in [0.5, 0.6) is 0 Å². The summed E-state index contributed by atoms with van der Waals surface area (Å²) in [5, 5.41) is 2.83. The van der Waals surface area contributed by atoms with Crippen LogP contribution in [-0.4, -0.2) is 18.3 Å². The van der Waals surface area contributed by atoms with Crippen LogP contribution >= 0.6 is 11.6 Å². The van der Waals surface area contributed by atoms with E-state index in [9.17, 15) is 4.79 Å². The first kappa shape index (κ1) is 13.8. The van der Waals surface area contributed by atoms with Gasteiger partial charge in [0.05, 0.1) is 0 Å². The molecule has 0 aromatic rings. The van der Waals surface area contributed by atoms with E-state index in [1.54, 1.807) is 0 Å². The fourth-order valence-corrected chi connectivity index (χ4v) is 1.42. The van der Waals surface area contributed by atoms with Crippen molar-refractivity contribution >= 4 is 17.5 Å². The lowest BCUT2D eigenvalue weighted by Crippen LogP contribution is -2.34. The lowest BCUT2D eigenvalue weighted by molar-refractivity contribution is -0.119. The normalized spacial score (nSPS) is 11.4. The van der Waals surface area contributed by atoms with Crippen LogP contribution < -0.4 is 5.32 Å². The van der Waals surface area contributed by atoms with Crippen molar-refractivity contribution in [3.63, 3.8) is 0 Å². The first-order valence-electron chi connectivity index (χ1n) is 5.34. The summed E-state index contributed by atoms with van der Waals surface area (Å²) in [5.41, 5.74) is 0.191. The maximum absolute atomic E-state index is 10.9. The molecule has 1 N–H and O–H groups in total. The van der Waals surface area contributed by atoms with Crippen molar-refractivity contribution in [1.29, 1.82) is 0 Å². The molecule has 0 atom stereocenters. The van der Waals surface area contributed by atoms with Crippen molar-refractivity contribution in [2.45, 2.75) is 46.5 Å². The molecule has 0 aromatic carbocycles. The molecule has 2 nitrogen and oxygen atoms in total. The van der Waals surface area contributed by atoms with Crippen LogP contribution in [0.15, 0.2) is 0 Å². The van der Waals surface area contributed by atoms with Gasteiger partial charge >= 0.3 is 0 Å². The van der Waals surface area contributed by atoms with Crippen LogP contribution in [0.3, 0.4) is 0 Å². The zero-order valence-electron chi connectivity index (χ0n) is 9.53. The average Bonchev–Trinajstić information content (AvgIpc) is 2.14. The van der Waals surface area contributed by atoms with Gasteiger partial charge in [-0.25, -0.2) is 0 Å². The Morgan fingerprint density at radius 2 is 2.00 bits per heavy atom. The number of hydrogen-bond donors (Lipinski definition) is 1. The van der Waals surface area contributed by atoms with Gasteiger partial charge in [-0.05, 0) is 11.8 Å². The number of amides is 1. The van der Waals surface area contributed by atoms with E-state index in [1.807, 2.05) is 0 Å². The number of alkyl halides is 1. The molecule has 0 unspecified atom stereocenters. The lowest BCUT2D eigenvalue weighted by atomic mass is 9.87. The maximum atomic E-state index is 10.9. The molecule has 0 aliphatic rings. The third kappa shape index (κ3) is 7.19. The van der Waals surface area contributed by atoms with Crippen LogP contribution in [0, 0.1) is 5.41 Å². The van der Waals surface area contributed by atoms with Crippen molar-refractivity contribution in [2.75, 3.05) is 12.4 Å². The van der Waals surface area contributed by atoms with Gasteiger partial charge in [-0.15, -0.1) is 11.6 Å². The van der Waals surface area contributed by atoms with Gasteiger partial charge in [0.15, 0.2) is 0 Å². The maximum Gasteiger partial charge on any atom is 0.234 e. The summed E-state index contributed by atoms with van der Waals surface area (Å²) in [7, 11) is 0. The largest absolute Gasteiger partial charge is 0.355 e. The van der Waals surface area contributed by atoms with Gasteiger partial charge in [-0.2, -0.15) is 0 Å². The Kier molecular flexibility index (Phi) is 6.98. The summed E-state index contributed by atoms with van der Waals surface area (Å²) < 4.78 is 0. The molecule has 3 heteroatoms. The molecule has 0 aliphatic heterocycles. The predicted molar refractivity (Wildman–Crippen MR) is 61.7 cm³/mol. The minimum Gasteiger partial charge on any atom is -0.355 e. The Bertz CT molecular complexity index is 169. The molecule has 0 heterocycles. The van der Waals surface area contributed by atoms with Crippen molar-refractivity contribution in [3.05, 3.63) is 0 Å². The predicted octanol–water partition coefficient (Wildman–Crippen LogP) is 2.95. The number of nitrogens with one attached hydrogen (secondary N) is 1. The van der Waals surface area contributed by atoms with Gasteiger partial charge in [-0.1, -0.05) is 40.0 Å². The first-order chi connectivity index (χ1) is 6.52. The Morgan fingerprint density at radius 3 is 2.50 bits per heavy atom. The highest BCUT2D eigenvalue weighted by molar-refractivity contribution is 6.27. The SMILES string of the molecule is CCCCCC(C)(C)CNC(=O)CCl. The van der Waals surface area contributed by atoms with Crippen LogP contribution in [0.4, 0.5) is 0 Å². The van der Waals surface area contributed by atoms with E-state index in [-0.39, 0.29) is 17.2 Å². The number of rotatable bonds is 7. The number of hydrogen-bond acceptors (Lipinski definition) is 1. The number of halogens is 1. The second-order valence-corrected chi connectivity index (χ2v) is 4.80. The molecular weight excluding hydrogens is 198 g/mol.